The van der Waals surface area contributed by atoms with Gasteiger partial charge in [-0.1, -0.05) is 17.7 Å². The smallest absolute Gasteiger partial charge is 0.264 e. The van der Waals surface area contributed by atoms with Gasteiger partial charge in [-0.25, -0.2) is 13.4 Å². The number of nitrogens with zero attached hydrogens (tertiary/aromatic N) is 2. The molecule has 0 spiro atoms. The van der Waals surface area contributed by atoms with Crippen molar-refractivity contribution in [3.63, 3.8) is 0 Å². The monoisotopic (exact) mass is 307 g/mol. The topological polar surface area (TPSA) is 82.8 Å². The van der Waals surface area contributed by atoms with Gasteiger partial charge in [0.25, 0.3) is 10.0 Å². The Morgan fingerprint density at radius 3 is 2.80 bits per heavy atom. The molecule has 0 saturated carbocycles. The van der Waals surface area contributed by atoms with Gasteiger partial charge in [-0.3, -0.25) is 4.72 Å². The predicted molar refractivity (Wildman–Crippen MR) is 75.9 cm³/mol. The molecule has 7 heteroatoms. The number of aromatic nitrogens is 1. The summed E-state index contributed by atoms with van der Waals surface area (Å²) in [7, 11) is -3.91. The van der Waals surface area contributed by atoms with Crippen LogP contribution < -0.4 is 4.72 Å². The summed E-state index contributed by atoms with van der Waals surface area (Å²) in [6, 6.07) is 9.50. The first-order chi connectivity index (χ1) is 9.44. The number of aryl methyl sites for hydroxylation is 1. The van der Waals surface area contributed by atoms with Crippen molar-refractivity contribution in [2.45, 2.75) is 11.8 Å². The lowest BCUT2D eigenvalue weighted by atomic mass is 10.2. The van der Waals surface area contributed by atoms with Crippen molar-refractivity contribution in [1.82, 2.24) is 4.98 Å². The van der Waals surface area contributed by atoms with Crippen molar-refractivity contribution in [3.8, 4) is 6.07 Å². The fraction of sp³-hybridized carbons (Fsp3) is 0.0769. The Morgan fingerprint density at radius 1 is 1.35 bits per heavy atom. The molecule has 0 saturated heterocycles. The minimum atomic E-state index is -3.91. The lowest BCUT2D eigenvalue weighted by Crippen LogP contribution is -2.15. The van der Waals surface area contributed by atoms with Crippen LogP contribution in [0.1, 0.15) is 11.3 Å². The summed E-state index contributed by atoms with van der Waals surface area (Å²) in [4.78, 5) is 3.55. The number of nitriles is 1. The molecular formula is C13H10ClN3O2S. The number of sulfonamides is 1. The average Bonchev–Trinajstić information content (AvgIpc) is 2.42. The van der Waals surface area contributed by atoms with Crippen molar-refractivity contribution >= 4 is 27.3 Å². The van der Waals surface area contributed by atoms with Crippen molar-refractivity contribution in [2.75, 3.05) is 4.72 Å². The molecule has 0 fully saturated rings. The molecule has 0 aliphatic rings. The number of anilines is 1. The maximum atomic E-state index is 12.3. The minimum absolute atomic E-state index is 0.163. The Hall–Kier alpha value is -2.10. The van der Waals surface area contributed by atoms with Gasteiger partial charge in [0, 0.05) is 6.20 Å². The quantitative estimate of drug-likeness (QED) is 0.945. The van der Waals surface area contributed by atoms with Gasteiger partial charge in [0.2, 0.25) is 0 Å². The van der Waals surface area contributed by atoms with E-state index in [0.717, 1.165) is 5.56 Å². The average molecular weight is 308 g/mol. The van der Waals surface area contributed by atoms with E-state index in [1.54, 1.807) is 24.3 Å². The second-order valence-corrected chi connectivity index (χ2v) is 6.11. The number of benzene rings is 1. The van der Waals surface area contributed by atoms with Gasteiger partial charge in [0.15, 0.2) is 5.69 Å². The Morgan fingerprint density at radius 2 is 2.10 bits per heavy atom. The molecule has 2 rings (SSSR count). The first-order valence-corrected chi connectivity index (χ1v) is 7.44. The predicted octanol–water partition coefficient (Wildman–Crippen LogP) is 2.72. The number of rotatable bonds is 3. The summed E-state index contributed by atoms with van der Waals surface area (Å²) in [5.74, 6) is 0. The number of hydrogen-bond donors (Lipinski definition) is 1. The zero-order valence-electron chi connectivity index (χ0n) is 10.5. The fourth-order valence-electron chi connectivity index (χ4n) is 1.61. The van der Waals surface area contributed by atoms with E-state index in [0.29, 0.717) is 0 Å². The molecule has 1 aromatic heterocycles. The van der Waals surface area contributed by atoms with Crippen molar-refractivity contribution in [2.24, 2.45) is 0 Å². The van der Waals surface area contributed by atoms with E-state index in [2.05, 4.69) is 9.71 Å². The first-order valence-electron chi connectivity index (χ1n) is 5.58. The van der Waals surface area contributed by atoms with Crippen LogP contribution in [0.5, 0.6) is 0 Å². The SMILES string of the molecule is Cc1ccc(Cl)c(NS(=O)(=O)c2cccnc2C#N)c1. The molecule has 5 nitrogen and oxygen atoms in total. The van der Waals surface area contributed by atoms with E-state index in [9.17, 15) is 8.42 Å². The Kier molecular flexibility index (Phi) is 3.93. The van der Waals surface area contributed by atoms with Crippen molar-refractivity contribution in [3.05, 3.63) is 52.8 Å². The van der Waals surface area contributed by atoms with Crippen LogP contribution in [0.15, 0.2) is 41.4 Å². The van der Waals surface area contributed by atoms with Crippen molar-refractivity contribution in [1.29, 1.82) is 5.26 Å². The van der Waals surface area contributed by atoms with E-state index >= 15 is 0 Å². The lowest BCUT2D eigenvalue weighted by molar-refractivity contribution is 0.600. The zero-order valence-corrected chi connectivity index (χ0v) is 12.0. The summed E-state index contributed by atoms with van der Waals surface area (Å²) in [5.41, 5.74) is 0.960. The molecule has 1 aromatic carbocycles. The maximum absolute atomic E-state index is 12.3. The Bertz CT molecular complexity index is 798. The highest BCUT2D eigenvalue weighted by Gasteiger charge is 2.20. The van der Waals surface area contributed by atoms with E-state index in [4.69, 9.17) is 16.9 Å². The molecule has 0 atom stereocenters. The minimum Gasteiger partial charge on any atom is -0.278 e. The summed E-state index contributed by atoms with van der Waals surface area (Å²) in [6.07, 6.45) is 1.36. The second kappa shape index (κ2) is 5.49. The molecular weight excluding hydrogens is 298 g/mol. The standard InChI is InChI=1S/C13H10ClN3O2S/c1-9-4-5-10(14)11(7-9)17-20(18,19)13-3-2-6-16-12(13)8-15/h2-7,17H,1H3. The highest BCUT2D eigenvalue weighted by atomic mass is 35.5. The van der Waals surface area contributed by atoms with Crippen molar-refractivity contribution < 1.29 is 8.42 Å². The number of halogens is 1. The van der Waals surface area contributed by atoms with E-state index < -0.39 is 10.0 Å². The third kappa shape index (κ3) is 2.90. The van der Waals surface area contributed by atoms with Crippen LogP contribution >= 0.6 is 11.6 Å². The largest absolute Gasteiger partial charge is 0.278 e. The summed E-state index contributed by atoms with van der Waals surface area (Å²) >= 11 is 5.96. The normalized spacial score (nSPS) is 10.8. The molecule has 0 aliphatic carbocycles. The molecule has 0 unspecified atom stereocenters. The van der Waals surface area contributed by atoms with Gasteiger partial charge >= 0.3 is 0 Å². The molecule has 1 N–H and O–H groups in total. The number of pyridine rings is 1. The van der Waals surface area contributed by atoms with Crippen LogP contribution in [0.2, 0.25) is 5.02 Å². The van der Waals surface area contributed by atoms with Gasteiger partial charge < -0.3 is 0 Å². The van der Waals surface area contributed by atoms with Gasteiger partial charge in [-0.15, -0.1) is 0 Å². The van der Waals surface area contributed by atoms with Gasteiger partial charge in [0.05, 0.1) is 10.7 Å². The van der Waals surface area contributed by atoms with Crippen LogP contribution in [0.3, 0.4) is 0 Å². The van der Waals surface area contributed by atoms with Crippen LogP contribution in [0.25, 0.3) is 0 Å². The third-order valence-corrected chi connectivity index (χ3v) is 4.26. The molecule has 1 heterocycles. The number of nitrogens with one attached hydrogen (secondary N) is 1. The van der Waals surface area contributed by atoms with E-state index in [1.807, 2.05) is 6.92 Å². The molecule has 0 bridgehead atoms. The first kappa shape index (κ1) is 14.3. The van der Waals surface area contributed by atoms with E-state index in [-0.39, 0.29) is 21.3 Å². The molecule has 0 radical (unpaired) electrons. The molecule has 20 heavy (non-hydrogen) atoms. The third-order valence-electron chi connectivity index (χ3n) is 2.53. The molecule has 102 valence electrons. The Labute approximate surface area is 121 Å². The van der Waals surface area contributed by atoms with Crippen LogP contribution in [0, 0.1) is 18.3 Å². The lowest BCUT2D eigenvalue weighted by Gasteiger charge is -2.10. The number of hydrogen-bond acceptors (Lipinski definition) is 4. The fourth-order valence-corrected chi connectivity index (χ4v) is 3.01. The zero-order chi connectivity index (χ0) is 14.8. The maximum Gasteiger partial charge on any atom is 0.264 e. The second-order valence-electron chi connectivity index (χ2n) is 4.05. The summed E-state index contributed by atoms with van der Waals surface area (Å²) in [6.45, 7) is 1.82. The van der Waals surface area contributed by atoms with E-state index in [1.165, 1.54) is 18.3 Å². The summed E-state index contributed by atoms with van der Waals surface area (Å²) in [5, 5.41) is 9.20. The van der Waals surface area contributed by atoms with Gasteiger partial charge in [-0.2, -0.15) is 5.26 Å². The van der Waals surface area contributed by atoms with Crippen LogP contribution in [-0.4, -0.2) is 13.4 Å². The molecule has 0 amide bonds. The van der Waals surface area contributed by atoms with Gasteiger partial charge in [-0.05, 0) is 36.8 Å². The van der Waals surface area contributed by atoms with Gasteiger partial charge in [0.1, 0.15) is 11.0 Å². The molecule has 2 aromatic rings. The van der Waals surface area contributed by atoms with Crippen LogP contribution in [-0.2, 0) is 10.0 Å². The Balaban J connectivity index is 2.47. The highest BCUT2D eigenvalue weighted by molar-refractivity contribution is 7.92. The van der Waals surface area contributed by atoms with Crippen LogP contribution in [0.4, 0.5) is 5.69 Å². The molecule has 0 aliphatic heterocycles. The highest BCUT2D eigenvalue weighted by Crippen LogP contribution is 2.26. The summed E-state index contributed by atoms with van der Waals surface area (Å²) < 4.78 is 26.9.